The maximum atomic E-state index is 13.7. The van der Waals surface area contributed by atoms with Gasteiger partial charge in [-0.2, -0.15) is 0 Å². The van der Waals surface area contributed by atoms with E-state index >= 15 is 0 Å². The number of halogens is 3. The predicted octanol–water partition coefficient (Wildman–Crippen LogP) is 4.10. The first-order valence-corrected chi connectivity index (χ1v) is 6.07. The van der Waals surface area contributed by atoms with Gasteiger partial charge in [0.05, 0.1) is 21.4 Å². The zero-order valence-electron chi connectivity index (χ0n) is 8.61. The number of hydrogen-bond donors (Lipinski definition) is 1. The lowest BCUT2D eigenvalue weighted by Crippen LogP contribution is -2.10. The SMILES string of the molecule is CCNCc1cc2c(F)c(Cl)cc(Br)c2o1. The average molecular weight is 307 g/mol. The summed E-state index contributed by atoms with van der Waals surface area (Å²) in [6, 6.07) is 3.17. The van der Waals surface area contributed by atoms with Gasteiger partial charge in [-0.05, 0) is 34.6 Å². The zero-order valence-corrected chi connectivity index (χ0v) is 11.0. The van der Waals surface area contributed by atoms with Crippen LogP contribution in [0.1, 0.15) is 12.7 Å². The van der Waals surface area contributed by atoms with Crippen LogP contribution in [0.4, 0.5) is 4.39 Å². The summed E-state index contributed by atoms with van der Waals surface area (Å²) in [5.41, 5.74) is 0.495. The second-order valence-corrected chi connectivity index (χ2v) is 4.65. The molecule has 2 aromatic rings. The summed E-state index contributed by atoms with van der Waals surface area (Å²) in [7, 11) is 0. The highest BCUT2D eigenvalue weighted by Crippen LogP contribution is 2.33. The lowest BCUT2D eigenvalue weighted by molar-refractivity contribution is 0.518. The van der Waals surface area contributed by atoms with Crippen LogP contribution in [-0.2, 0) is 6.54 Å². The van der Waals surface area contributed by atoms with Crippen molar-refractivity contribution in [1.82, 2.24) is 5.32 Å². The minimum atomic E-state index is -0.439. The number of rotatable bonds is 3. The molecule has 0 radical (unpaired) electrons. The van der Waals surface area contributed by atoms with Crippen molar-refractivity contribution in [3.63, 3.8) is 0 Å². The van der Waals surface area contributed by atoms with Crippen molar-refractivity contribution in [2.75, 3.05) is 6.54 Å². The Bertz CT molecular complexity index is 526. The highest BCUT2D eigenvalue weighted by Gasteiger charge is 2.14. The van der Waals surface area contributed by atoms with Gasteiger partial charge in [-0.3, -0.25) is 0 Å². The largest absolute Gasteiger partial charge is 0.458 e. The maximum Gasteiger partial charge on any atom is 0.152 e. The van der Waals surface area contributed by atoms with Crippen LogP contribution < -0.4 is 5.32 Å². The highest BCUT2D eigenvalue weighted by molar-refractivity contribution is 9.10. The van der Waals surface area contributed by atoms with E-state index in [0.717, 1.165) is 6.54 Å². The van der Waals surface area contributed by atoms with E-state index < -0.39 is 5.82 Å². The van der Waals surface area contributed by atoms with Gasteiger partial charge in [0.25, 0.3) is 0 Å². The second-order valence-electron chi connectivity index (χ2n) is 3.39. The molecular weight excluding hydrogens is 296 g/mol. The fourth-order valence-corrected chi connectivity index (χ4v) is 2.35. The van der Waals surface area contributed by atoms with Crippen molar-refractivity contribution in [3.05, 3.63) is 33.2 Å². The molecule has 0 unspecified atom stereocenters. The predicted molar refractivity (Wildman–Crippen MR) is 66.3 cm³/mol. The van der Waals surface area contributed by atoms with Crippen LogP contribution in [0.15, 0.2) is 21.0 Å². The summed E-state index contributed by atoms with van der Waals surface area (Å²) >= 11 is 9.04. The van der Waals surface area contributed by atoms with Gasteiger partial charge in [0.1, 0.15) is 5.76 Å². The Morgan fingerprint density at radius 3 is 2.94 bits per heavy atom. The van der Waals surface area contributed by atoms with Gasteiger partial charge in [-0.15, -0.1) is 0 Å². The molecule has 0 amide bonds. The molecule has 0 aliphatic carbocycles. The van der Waals surface area contributed by atoms with Gasteiger partial charge in [0, 0.05) is 0 Å². The summed E-state index contributed by atoms with van der Waals surface area (Å²) < 4.78 is 19.9. The second kappa shape index (κ2) is 4.73. The Hall–Kier alpha value is -0.580. The molecule has 1 heterocycles. The van der Waals surface area contributed by atoms with E-state index in [9.17, 15) is 4.39 Å². The van der Waals surface area contributed by atoms with Gasteiger partial charge in [-0.25, -0.2) is 4.39 Å². The van der Waals surface area contributed by atoms with Crippen molar-refractivity contribution < 1.29 is 8.81 Å². The summed E-state index contributed by atoms with van der Waals surface area (Å²) in [6.45, 7) is 3.41. The molecule has 1 aromatic heterocycles. The normalized spacial score (nSPS) is 11.2. The Balaban J connectivity index is 2.52. The first-order chi connectivity index (χ1) is 7.63. The number of hydrogen-bond acceptors (Lipinski definition) is 2. The Morgan fingerprint density at radius 1 is 1.50 bits per heavy atom. The van der Waals surface area contributed by atoms with Crippen LogP contribution in [-0.4, -0.2) is 6.54 Å². The smallest absolute Gasteiger partial charge is 0.152 e. The first-order valence-electron chi connectivity index (χ1n) is 4.90. The van der Waals surface area contributed by atoms with Crippen molar-refractivity contribution in [1.29, 1.82) is 0 Å². The minimum Gasteiger partial charge on any atom is -0.458 e. The third-order valence-corrected chi connectivity index (χ3v) is 3.11. The number of nitrogens with one attached hydrogen (secondary N) is 1. The Labute approximate surface area is 106 Å². The molecule has 2 nitrogen and oxygen atoms in total. The number of fused-ring (bicyclic) bond motifs is 1. The van der Waals surface area contributed by atoms with E-state index in [-0.39, 0.29) is 5.02 Å². The van der Waals surface area contributed by atoms with E-state index in [1.807, 2.05) is 6.92 Å². The van der Waals surface area contributed by atoms with Crippen molar-refractivity contribution in [2.24, 2.45) is 0 Å². The molecule has 0 aliphatic heterocycles. The van der Waals surface area contributed by atoms with Gasteiger partial charge in [-0.1, -0.05) is 18.5 Å². The summed E-state index contributed by atoms with van der Waals surface area (Å²) in [5, 5.41) is 3.62. The third kappa shape index (κ3) is 2.10. The molecule has 0 spiro atoms. The molecule has 86 valence electrons. The molecule has 16 heavy (non-hydrogen) atoms. The van der Waals surface area contributed by atoms with Crippen molar-refractivity contribution in [2.45, 2.75) is 13.5 Å². The van der Waals surface area contributed by atoms with E-state index in [0.29, 0.717) is 27.7 Å². The molecule has 0 saturated heterocycles. The molecule has 1 N–H and O–H groups in total. The van der Waals surface area contributed by atoms with Crippen LogP contribution in [0.3, 0.4) is 0 Å². The van der Waals surface area contributed by atoms with Crippen LogP contribution in [0, 0.1) is 5.82 Å². The van der Waals surface area contributed by atoms with Crippen LogP contribution in [0.25, 0.3) is 11.0 Å². The van der Waals surface area contributed by atoms with E-state index in [1.54, 1.807) is 6.07 Å². The first kappa shape index (κ1) is 11.9. The van der Waals surface area contributed by atoms with Gasteiger partial charge in [0.2, 0.25) is 0 Å². The standard InChI is InChI=1S/C11H10BrClFNO/c1-2-15-5-6-3-7-10(14)9(13)4-8(12)11(7)16-6/h3-4,15H,2,5H2,1H3. The van der Waals surface area contributed by atoms with Crippen molar-refractivity contribution >= 4 is 38.5 Å². The van der Waals surface area contributed by atoms with Crippen LogP contribution >= 0.6 is 27.5 Å². The quantitative estimate of drug-likeness (QED) is 0.864. The number of furan rings is 1. The monoisotopic (exact) mass is 305 g/mol. The maximum absolute atomic E-state index is 13.7. The molecular formula is C11H10BrClFNO. The topological polar surface area (TPSA) is 25.2 Å². The zero-order chi connectivity index (χ0) is 11.7. The fraction of sp³-hybridized carbons (Fsp3) is 0.273. The number of benzene rings is 1. The van der Waals surface area contributed by atoms with Crippen molar-refractivity contribution in [3.8, 4) is 0 Å². The molecule has 0 fully saturated rings. The van der Waals surface area contributed by atoms with Gasteiger partial charge < -0.3 is 9.73 Å². The lowest BCUT2D eigenvalue weighted by atomic mass is 10.2. The fourth-order valence-electron chi connectivity index (χ4n) is 1.49. The molecule has 5 heteroatoms. The minimum absolute atomic E-state index is 0.0928. The molecule has 2 rings (SSSR count). The lowest BCUT2D eigenvalue weighted by Gasteiger charge is -1.97. The molecule has 1 aromatic carbocycles. The van der Waals surface area contributed by atoms with Gasteiger partial charge >= 0.3 is 0 Å². The molecule has 0 bridgehead atoms. The summed E-state index contributed by atoms with van der Waals surface area (Å²) in [5.74, 6) is 0.255. The molecule has 0 aliphatic rings. The van der Waals surface area contributed by atoms with E-state index in [1.165, 1.54) is 6.07 Å². The summed E-state index contributed by atoms with van der Waals surface area (Å²) in [4.78, 5) is 0. The average Bonchev–Trinajstić information content (AvgIpc) is 2.68. The Morgan fingerprint density at radius 2 is 2.25 bits per heavy atom. The highest BCUT2D eigenvalue weighted by atomic mass is 79.9. The van der Waals surface area contributed by atoms with Gasteiger partial charge in [0.15, 0.2) is 11.4 Å². The Kier molecular flexibility index (Phi) is 3.52. The van der Waals surface area contributed by atoms with Crippen LogP contribution in [0.5, 0.6) is 0 Å². The molecule has 0 atom stereocenters. The third-order valence-electron chi connectivity index (χ3n) is 2.25. The van der Waals surface area contributed by atoms with Crippen LogP contribution in [0.2, 0.25) is 5.02 Å². The molecule has 0 saturated carbocycles. The van der Waals surface area contributed by atoms with E-state index in [2.05, 4.69) is 21.2 Å². The summed E-state index contributed by atoms with van der Waals surface area (Å²) in [6.07, 6.45) is 0. The van der Waals surface area contributed by atoms with E-state index in [4.69, 9.17) is 16.0 Å².